The van der Waals surface area contributed by atoms with E-state index in [1.165, 1.54) is 6.07 Å². The monoisotopic (exact) mass is 446 g/mol. The number of benzene rings is 1. The smallest absolute Gasteiger partial charge is 0.458 e. The molecule has 1 N–H and O–H groups in total. The van der Waals surface area contributed by atoms with Crippen molar-refractivity contribution in [2.24, 2.45) is 7.05 Å². The van der Waals surface area contributed by atoms with Crippen LogP contribution in [0.4, 0.5) is 28.6 Å². The number of esters is 1. The van der Waals surface area contributed by atoms with E-state index in [1.54, 1.807) is 12.1 Å². The van der Waals surface area contributed by atoms with Gasteiger partial charge in [0, 0.05) is 12.1 Å². The summed E-state index contributed by atoms with van der Waals surface area (Å²) in [5, 5.41) is 14.6. The zero-order valence-corrected chi connectivity index (χ0v) is 16.8. The number of nitrogens with zero attached hydrogens (tertiary/aromatic N) is 3. The number of aromatic nitrogens is 2. The lowest BCUT2D eigenvalue weighted by Gasteiger charge is -2.14. The Morgan fingerprint density at radius 2 is 1.97 bits per heavy atom. The van der Waals surface area contributed by atoms with Gasteiger partial charge in [0.1, 0.15) is 31.2 Å². The highest BCUT2D eigenvalue weighted by Crippen LogP contribution is 2.30. The third kappa shape index (κ3) is 8.64. The summed E-state index contributed by atoms with van der Waals surface area (Å²) in [4.78, 5) is 23.1. The van der Waals surface area contributed by atoms with Gasteiger partial charge in [-0.2, -0.15) is 0 Å². The summed E-state index contributed by atoms with van der Waals surface area (Å²) in [5.41, 5.74) is 0.550. The van der Waals surface area contributed by atoms with Crippen molar-refractivity contribution >= 4 is 24.6 Å². The molecule has 13 heteroatoms. The summed E-state index contributed by atoms with van der Waals surface area (Å²) in [5.74, 6) is -0.558. The second-order valence-electron chi connectivity index (χ2n) is 7.06. The van der Waals surface area contributed by atoms with E-state index >= 15 is 0 Å². The van der Waals surface area contributed by atoms with Gasteiger partial charge in [-0.25, -0.2) is 13.9 Å². The van der Waals surface area contributed by atoms with Crippen LogP contribution in [0.3, 0.4) is 0 Å². The van der Waals surface area contributed by atoms with Crippen LogP contribution in [-0.2, 0) is 18.3 Å². The van der Waals surface area contributed by atoms with Crippen LogP contribution in [0.2, 0.25) is 0 Å². The Hall–Kier alpha value is -3.12. The lowest BCUT2D eigenvalue weighted by atomic mass is 10.1. The number of nitrogens with one attached hydrogen (secondary N) is 1. The van der Waals surface area contributed by atoms with Crippen molar-refractivity contribution in [3.05, 3.63) is 52.6 Å². The summed E-state index contributed by atoms with van der Waals surface area (Å²) in [6.07, 6.45) is 9.94. The Labute approximate surface area is 176 Å². The lowest BCUT2D eigenvalue weighted by Crippen LogP contribution is -2.24. The van der Waals surface area contributed by atoms with E-state index in [1.807, 2.05) is 34.9 Å². The van der Waals surface area contributed by atoms with Crippen molar-refractivity contribution in [1.82, 2.24) is 4.57 Å². The van der Waals surface area contributed by atoms with Gasteiger partial charge in [-0.1, -0.05) is 12.8 Å². The van der Waals surface area contributed by atoms with Gasteiger partial charge < -0.3 is 27.3 Å². The molecule has 1 saturated carbocycles. The minimum absolute atomic E-state index is 0.0937. The zero-order chi connectivity index (χ0) is 23.0. The predicted octanol–water partition coefficient (Wildman–Crippen LogP) is 3.73. The Morgan fingerprint density at radius 3 is 2.52 bits per heavy atom. The number of rotatable bonds is 7. The molecule has 1 heterocycles. The number of ether oxygens (including phenoxy) is 1. The van der Waals surface area contributed by atoms with E-state index in [0.29, 0.717) is 12.2 Å². The molecule has 0 atom stereocenters. The molecule has 1 aromatic heterocycles. The van der Waals surface area contributed by atoms with Gasteiger partial charge in [0.15, 0.2) is 0 Å². The standard InChI is InChI=1S/C18H22N4O4.BF4/c1-20-8-9-21(13-20)10-11-26-18(23)14-6-7-16(17(12-14)22(24)25)19-15-4-2-3-5-15;2-1(3,4)5/h6-9,12-13,15H,2-5,10-11H2,1H3;/q;-1/p+1. The predicted molar refractivity (Wildman–Crippen MR) is 105 cm³/mol. The minimum atomic E-state index is -6.00. The lowest BCUT2D eigenvalue weighted by molar-refractivity contribution is -0.671. The number of carbonyl (C=O) groups is 1. The van der Waals surface area contributed by atoms with Crippen molar-refractivity contribution in [3.63, 3.8) is 0 Å². The SMILES string of the molecule is C[n+]1ccn(CCOC(=O)c2ccc(NC3CCCC3)c([N+](=O)[O-])c2)c1.F[B-](F)(F)F. The highest BCUT2D eigenvalue weighted by molar-refractivity contribution is 6.50. The van der Waals surface area contributed by atoms with Crippen LogP contribution in [-0.4, -0.2) is 35.4 Å². The molecular formula is C18H23BF4N4O4. The van der Waals surface area contributed by atoms with Gasteiger partial charge in [-0.3, -0.25) is 10.1 Å². The van der Waals surface area contributed by atoms with E-state index < -0.39 is 18.1 Å². The number of imidazole rings is 1. The first-order valence-electron chi connectivity index (χ1n) is 9.63. The second kappa shape index (κ2) is 10.8. The summed E-state index contributed by atoms with van der Waals surface area (Å²) < 4.78 is 48.0. The topological polar surface area (TPSA) is 90.3 Å². The third-order valence-electron chi connectivity index (χ3n) is 4.55. The molecule has 1 aliphatic carbocycles. The number of nitro groups is 1. The van der Waals surface area contributed by atoms with Crippen LogP contribution in [0.25, 0.3) is 0 Å². The number of hydrogen-bond acceptors (Lipinski definition) is 5. The summed E-state index contributed by atoms with van der Waals surface area (Å²) >= 11 is 0. The first kappa shape index (κ1) is 24.2. The van der Waals surface area contributed by atoms with Gasteiger partial charge in [0.2, 0.25) is 6.33 Å². The average molecular weight is 446 g/mol. The molecule has 3 rings (SSSR count). The zero-order valence-electron chi connectivity index (χ0n) is 16.8. The molecular weight excluding hydrogens is 423 g/mol. The van der Waals surface area contributed by atoms with Crippen LogP contribution in [0.5, 0.6) is 0 Å². The third-order valence-corrected chi connectivity index (χ3v) is 4.55. The fraction of sp³-hybridized carbons (Fsp3) is 0.444. The summed E-state index contributed by atoms with van der Waals surface area (Å²) in [7, 11) is -4.09. The number of carbonyl (C=O) groups excluding carboxylic acids is 1. The maximum atomic E-state index is 12.2. The maximum absolute atomic E-state index is 12.2. The van der Waals surface area contributed by atoms with Gasteiger partial charge in [0.05, 0.1) is 17.5 Å². The molecule has 170 valence electrons. The first-order chi connectivity index (χ1) is 14.5. The fourth-order valence-electron chi connectivity index (χ4n) is 3.18. The van der Waals surface area contributed by atoms with E-state index in [2.05, 4.69) is 5.32 Å². The van der Waals surface area contributed by atoms with Gasteiger partial charge in [0.25, 0.3) is 5.69 Å². The molecule has 31 heavy (non-hydrogen) atoms. The Morgan fingerprint density at radius 1 is 1.32 bits per heavy atom. The molecule has 0 amide bonds. The molecule has 1 fully saturated rings. The molecule has 8 nitrogen and oxygen atoms in total. The molecule has 0 unspecified atom stereocenters. The molecule has 1 aliphatic rings. The molecule has 2 aromatic rings. The number of halogens is 4. The Bertz CT molecular complexity index is 895. The molecule has 0 radical (unpaired) electrons. The summed E-state index contributed by atoms with van der Waals surface area (Å²) in [6, 6.07) is 4.71. The van der Waals surface area contributed by atoms with Crippen LogP contribution in [0.1, 0.15) is 36.0 Å². The normalized spacial score (nSPS) is 14.0. The van der Waals surface area contributed by atoms with Gasteiger partial charge in [-0.15, -0.1) is 0 Å². The van der Waals surface area contributed by atoms with Gasteiger partial charge >= 0.3 is 13.2 Å². The van der Waals surface area contributed by atoms with Crippen molar-refractivity contribution < 1.29 is 36.3 Å². The first-order valence-corrected chi connectivity index (χ1v) is 9.63. The average Bonchev–Trinajstić information content (AvgIpc) is 3.32. The van der Waals surface area contributed by atoms with Crippen LogP contribution >= 0.6 is 0 Å². The molecule has 0 bridgehead atoms. The van der Waals surface area contributed by atoms with Crippen LogP contribution in [0, 0.1) is 10.1 Å². The Kier molecular flexibility index (Phi) is 8.40. The van der Waals surface area contributed by atoms with Crippen molar-refractivity contribution in [2.45, 2.75) is 38.3 Å². The molecule has 0 aliphatic heterocycles. The molecule has 1 aromatic carbocycles. The fourth-order valence-corrected chi connectivity index (χ4v) is 3.18. The minimum Gasteiger partial charge on any atom is -0.458 e. The summed E-state index contributed by atoms with van der Waals surface area (Å²) in [6.45, 7) is 0.722. The number of nitro benzene ring substituents is 1. The van der Waals surface area contributed by atoms with Crippen LogP contribution in [0.15, 0.2) is 36.9 Å². The molecule has 0 saturated heterocycles. The van der Waals surface area contributed by atoms with Crippen molar-refractivity contribution in [3.8, 4) is 0 Å². The highest BCUT2D eigenvalue weighted by atomic mass is 19.5. The van der Waals surface area contributed by atoms with Crippen molar-refractivity contribution in [1.29, 1.82) is 0 Å². The van der Waals surface area contributed by atoms with Crippen LogP contribution < -0.4 is 9.88 Å². The number of aryl methyl sites for hydroxylation is 1. The van der Waals surface area contributed by atoms with Gasteiger partial charge in [-0.05, 0) is 25.0 Å². The highest BCUT2D eigenvalue weighted by Gasteiger charge is 2.22. The van der Waals surface area contributed by atoms with E-state index in [9.17, 15) is 32.2 Å². The number of hydrogen-bond donors (Lipinski definition) is 1. The number of anilines is 1. The molecule has 0 spiro atoms. The van der Waals surface area contributed by atoms with Crippen molar-refractivity contribution in [2.75, 3.05) is 11.9 Å². The maximum Gasteiger partial charge on any atom is 0.673 e. The second-order valence-corrected chi connectivity index (χ2v) is 7.06. The van der Waals surface area contributed by atoms with E-state index in [4.69, 9.17) is 4.74 Å². The van der Waals surface area contributed by atoms with E-state index in [0.717, 1.165) is 25.7 Å². The quantitative estimate of drug-likeness (QED) is 0.175. The largest absolute Gasteiger partial charge is 0.673 e. The Balaban J connectivity index is 0.000000614. The van der Waals surface area contributed by atoms with E-state index in [-0.39, 0.29) is 23.9 Å².